The molecule has 1 amide bonds. The standard InChI is InChI=1S/C19H18F2N2O/c1-2-3-12-8-14(10-15(20)9-12)16-5-4-13(11-17(16)21)18(22)6-7-19(23)24/h2,4-5,8-11,22H,1,3,6-7H2,(H2,23,24). The van der Waals surface area contributed by atoms with Crippen molar-refractivity contribution in [3.05, 3.63) is 71.8 Å². The lowest BCUT2D eigenvalue weighted by molar-refractivity contribution is -0.117. The number of nitrogens with one attached hydrogen (secondary N) is 1. The van der Waals surface area contributed by atoms with Crippen molar-refractivity contribution in [2.45, 2.75) is 19.3 Å². The smallest absolute Gasteiger partial charge is 0.217 e. The lowest BCUT2D eigenvalue weighted by Gasteiger charge is -2.09. The van der Waals surface area contributed by atoms with E-state index in [0.717, 1.165) is 0 Å². The Morgan fingerprint density at radius 2 is 1.92 bits per heavy atom. The van der Waals surface area contributed by atoms with Crippen LogP contribution in [0.3, 0.4) is 0 Å². The van der Waals surface area contributed by atoms with Gasteiger partial charge in [0.1, 0.15) is 11.6 Å². The number of hydrogen-bond acceptors (Lipinski definition) is 2. The van der Waals surface area contributed by atoms with Crippen LogP contribution in [0.2, 0.25) is 0 Å². The maximum atomic E-state index is 14.4. The van der Waals surface area contributed by atoms with Gasteiger partial charge in [0, 0.05) is 17.7 Å². The van der Waals surface area contributed by atoms with E-state index in [2.05, 4.69) is 6.58 Å². The average Bonchev–Trinajstić information content (AvgIpc) is 2.52. The normalized spacial score (nSPS) is 10.4. The molecule has 2 aromatic rings. The molecule has 0 atom stereocenters. The molecule has 2 aromatic carbocycles. The van der Waals surface area contributed by atoms with Crippen molar-refractivity contribution < 1.29 is 13.6 Å². The molecule has 0 aliphatic heterocycles. The number of hydrogen-bond donors (Lipinski definition) is 2. The quantitative estimate of drug-likeness (QED) is 0.585. The van der Waals surface area contributed by atoms with Crippen LogP contribution in [-0.4, -0.2) is 11.6 Å². The van der Waals surface area contributed by atoms with E-state index in [0.29, 0.717) is 23.1 Å². The summed E-state index contributed by atoms with van der Waals surface area (Å²) in [4.78, 5) is 10.8. The summed E-state index contributed by atoms with van der Waals surface area (Å²) in [5, 5.41) is 7.87. The third kappa shape index (κ3) is 4.35. The van der Waals surface area contributed by atoms with Gasteiger partial charge in [0.05, 0.1) is 0 Å². The number of halogens is 2. The molecular weight excluding hydrogens is 310 g/mol. The molecule has 0 aliphatic rings. The fraction of sp³-hybridized carbons (Fsp3) is 0.158. The predicted molar refractivity (Wildman–Crippen MR) is 91.0 cm³/mol. The van der Waals surface area contributed by atoms with Gasteiger partial charge in [-0.1, -0.05) is 24.3 Å². The maximum Gasteiger partial charge on any atom is 0.217 e. The molecule has 0 heterocycles. The summed E-state index contributed by atoms with van der Waals surface area (Å²) < 4.78 is 28.1. The topological polar surface area (TPSA) is 66.9 Å². The first-order chi connectivity index (χ1) is 11.4. The van der Waals surface area contributed by atoms with Gasteiger partial charge in [-0.2, -0.15) is 0 Å². The van der Waals surface area contributed by atoms with Gasteiger partial charge in [0.25, 0.3) is 0 Å². The number of primary amides is 1. The van der Waals surface area contributed by atoms with Crippen LogP contribution in [0.1, 0.15) is 24.0 Å². The van der Waals surface area contributed by atoms with E-state index in [1.165, 1.54) is 24.3 Å². The number of amides is 1. The van der Waals surface area contributed by atoms with Crippen LogP contribution in [0.4, 0.5) is 8.78 Å². The average molecular weight is 328 g/mol. The highest BCUT2D eigenvalue weighted by Crippen LogP contribution is 2.26. The van der Waals surface area contributed by atoms with Crippen LogP contribution < -0.4 is 5.73 Å². The van der Waals surface area contributed by atoms with E-state index < -0.39 is 17.5 Å². The Bertz CT molecular complexity index is 800. The summed E-state index contributed by atoms with van der Waals surface area (Å²) in [6, 6.07) is 8.67. The highest BCUT2D eigenvalue weighted by Gasteiger charge is 2.11. The third-order valence-corrected chi connectivity index (χ3v) is 3.59. The lowest BCUT2D eigenvalue weighted by Crippen LogP contribution is -2.12. The van der Waals surface area contributed by atoms with Gasteiger partial charge in [0.2, 0.25) is 5.91 Å². The summed E-state index contributed by atoms with van der Waals surface area (Å²) in [6.07, 6.45) is 2.33. The summed E-state index contributed by atoms with van der Waals surface area (Å²) in [7, 11) is 0. The molecule has 0 aromatic heterocycles. The summed E-state index contributed by atoms with van der Waals surface area (Å²) >= 11 is 0. The predicted octanol–water partition coefficient (Wildman–Crippen LogP) is 3.99. The van der Waals surface area contributed by atoms with E-state index in [-0.39, 0.29) is 24.1 Å². The van der Waals surface area contributed by atoms with Crippen molar-refractivity contribution in [3.63, 3.8) is 0 Å². The van der Waals surface area contributed by atoms with E-state index in [4.69, 9.17) is 11.1 Å². The minimum Gasteiger partial charge on any atom is -0.370 e. The number of carbonyl (C=O) groups excluding carboxylic acids is 1. The van der Waals surface area contributed by atoms with Crippen molar-refractivity contribution in [3.8, 4) is 11.1 Å². The molecule has 0 fully saturated rings. The Balaban J connectivity index is 2.31. The van der Waals surface area contributed by atoms with E-state index in [9.17, 15) is 13.6 Å². The second-order valence-corrected chi connectivity index (χ2v) is 5.48. The van der Waals surface area contributed by atoms with Crippen LogP contribution >= 0.6 is 0 Å². The summed E-state index contributed by atoms with van der Waals surface area (Å²) in [5.41, 5.74) is 6.95. The Kier molecular flexibility index (Phi) is 5.58. The molecule has 3 N–H and O–H groups in total. The van der Waals surface area contributed by atoms with Crippen molar-refractivity contribution in [1.29, 1.82) is 5.41 Å². The summed E-state index contributed by atoms with van der Waals surface area (Å²) in [6.45, 7) is 3.61. The maximum absolute atomic E-state index is 14.4. The Morgan fingerprint density at radius 3 is 2.54 bits per heavy atom. The van der Waals surface area contributed by atoms with Gasteiger partial charge in [0.15, 0.2) is 0 Å². The first-order valence-electron chi connectivity index (χ1n) is 7.47. The number of rotatable bonds is 7. The van der Waals surface area contributed by atoms with E-state index in [1.54, 1.807) is 18.2 Å². The van der Waals surface area contributed by atoms with Crippen LogP contribution in [0.5, 0.6) is 0 Å². The van der Waals surface area contributed by atoms with Gasteiger partial charge >= 0.3 is 0 Å². The zero-order chi connectivity index (χ0) is 17.7. The lowest BCUT2D eigenvalue weighted by atomic mass is 9.97. The fourth-order valence-corrected chi connectivity index (χ4v) is 2.42. The molecule has 0 unspecified atom stereocenters. The molecule has 3 nitrogen and oxygen atoms in total. The fourth-order valence-electron chi connectivity index (χ4n) is 2.42. The minimum atomic E-state index is -0.550. The third-order valence-electron chi connectivity index (χ3n) is 3.59. The molecule has 0 spiro atoms. The number of allylic oxidation sites excluding steroid dienone is 1. The Hall–Kier alpha value is -2.82. The first-order valence-corrected chi connectivity index (χ1v) is 7.47. The van der Waals surface area contributed by atoms with Crippen LogP contribution in [0.15, 0.2) is 49.1 Å². The molecule has 24 heavy (non-hydrogen) atoms. The molecule has 0 saturated heterocycles. The Labute approximate surface area is 139 Å². The van der Waals surface area contributed by atoms with Crippen LogP contribution in [0.25, 0.3) is 11.1 Å². The Morgan fingerprint density at radius 1 is 1.17 bits per heavy atom. The van der Waals surface area contributed by atoms with Gasteiger partial charge in [-0.05, 0) is 47.7 Å². The van der Waals surface area contributed by atoms with Crippen molar-refractivity contribution >= 4 is 11.6 Å². The second-order valence-electron chi connectivity index (χ2n) is 5.48. The SMILES string of the molecule is C=CCc1cc(F)cc(-c2ccc(C(=N)CCC(N)=O)cc2F)c1. The number of carbonyl (C=O) groups is 1. The highest BCUT2D eigenvalue weighted by atomic mass is 19.1. The highest BCUT2D eigenvalue weighted by molar-refractivity contribution is 6.00. The van der Waals surface area contributed by atoms with E-state index >= 15 is 0 Å². The first kappa shape index (κ1) is 17.5. The van der Waals surface area contributed by atoms with Gasteiger partial charge in [-0.15, -0.1) is 6.58 Å². The zero-order valence-electron chi connectivity index (χ0n) is 13.1. The molecular formula is C19H18F2N2O. The van der Waals surface area contributed by atoms with Gasteiger partial charge in [-0.25, -0.2) is 8.78 Å². The second kappa shape index (κ2) is 7.64. The zero-order valence-corrected chi connectivity index (χ0v) is 13.1. The van der Waals surface area contributed by atoms with Crippen molar-refractivity contribution in [2.75, 3.05) is 0 Å². The summed E-state index contributed by atoms with van der Waals surface area (Å²) in [5.74, 6) is -1.50. The van der Waals surface area contributed by atoms with Crippen LogP contribution in [0, 0.1) is 17.0 Å². The number of nitrogens with two attached hydrogens (primary N) is 1. The van der Waals surface area contributed by atoms with Crippen LogP contribution in [-0.2, 0) is 11.2 Å². The van der Waals surface area contributed by atoms with Gasteiger partial charge < -0.3 is 11.1 Å². The van der Waals surface area contributed by atoms with Crippen molar-refractivity contribution in [1.82, 2.24) is 0 Å². The molecule has 0 saturated carbocycles. The number of benzene rings is 2. The molecule has 0 bridgehead atoms. The van der Waals surface area contributed by atoms with Crippen molar-refractivity contribution in [2.24, 2.45) is 5.73 Å². The molecule has 2 rings (SSSR count). The molecule has 5 heteroatoms. The minimum absolute atomic E-state index is 0.0387. The molecule has 0 aliphatic carbocycles. The largest absolute Gasteiger partial charge is 0.370 e. The monoisotopic (exact) mass is 328 g/mol. The molecule has 124 valence electrons. The van der Waals surface area contributed by atoms with Gasteiger partial charge in [-0.3, -0.25) is 4.79 Å². The van der Waals surface area contributed by atoms with E-state index in [1.807, 2.05) is 0 Å². The molecule has 0 radical (unpaired) electrons.